The van der Waals surface area contributed by atoms with Crippen LogP contribution in [0.25, 0.3) is 0 Å². The minimum absolute atomic E-state index is 0.0828. The molecule has 0 aliphatic carbocycles. The van der Waals surface area contributed by atoms with Gasteiger partial charge in [0.2, 0.25) is 0 Å². The molecule has 1 saturated heterocycles. The highest BCUT2D eigenvalue weighted by molar-refractivity contribution is 5.67. The molecule has 14 heavy (non-hydrogen) atoms. The van der Waals surface area contributed by atoms with Crippen molar-refractivity contribution in [3.8, 4) is 0 Å². The Morgan fingerprint density at radius 1 is 1.71 bits per heavy atom. The van der Waals surface area contributed by atoms with E-state index >= 15 is 0 Å². The van der Waals surface area contributed by atoms with E-state index in [0.29, 0.717) is 0 Å². The summed E-state index contributed by atoms with van der Waals surface area (Å²) >= 11 is 0. The van der Waals surface area contributed by atoms with Gasteiger partial charge in [0.25, 0.3) is 0 Å². The Bertz CT molecular complexity index is 231. The fraction of sp³-hybridized carbons (Fsp3) is 0.889. The quantitative estimate of drug-likeness (QED) is 0.694. The Balaban J connectivity index is 2.91. The predicted molar refractivity (Wildman–Crippen MR) is 49.9 cm³/mol. The Labute approximate surface area is 83.3 Å². The molecule has 0 radical (unpaired) electrons. The van der Waals surface area contributed by atoms with Crippen molar-refractivity contribution in [2.24, 2.45) is 5.92 Å². The predicted octanol–water partition coefficient (Wildman–Crippen LogP) is 0.730. The zero-order valence-corrected chi connectivity index (χ0v) is 8.73. The first-order valence-electron chi connectivity index (χ1n) is 4.67. The number of aliphatic hydroxyl groups excluding tert-OH is 1. The lowest BCUT2D eigenvalue weighted by Gasteiger charge is -2.33. The standard InChI is InChI=1S/C9H17NO4/c1-6(2)7-10(8(12)13)9(3,4-11)5-14-7/h6-7,11H,4-5H2,1-3H3,(H,12,13)/t7-,9+/m1/s1. The molecule has 1 aliphatic heterocycles. The SMILES string of the molecule is CC(C)[C@H]1OC[C@](C)(CO)N1C(=O)O. The molecule has 1 rings (SSSR count). The molecule has 2 atom stereocenters. The lowest BCUT2D eigenvalue weighted by molar-refractivity contribution is -0.00723. The molecular weight excluding hydrogens is 186 g/mol. The maximum absolute atomic E-state index is 11.0. The molecule has 1 fully saturated rings. The van der Waals surface area contributed by atoms with Crippen molar-refractivity contribution in [1.29, 1.82) is 0 Å². The van der Waals surface area contributed by atoms with Gasteiger partial charge in [-0.2, -0.15) is 0 Å². The molecule has 0 spiro atoms. The second-order valence-electron chi connectivity index (χ2n) is 4.25. The van der Waals surface area contributed by atoms with Crippen LogP contribution >= 0.6 is 0 Å². The summed E-state index contributed by atoms with van der Waals surface area (Å²) in [4.78, 5) is 12.2. The molecule has 82 valence electrons. The number of carbonyl (C=O) groups is 1. The van der Waals surface area contributed by atoms with Gasteiger partial charge in [0, 0.05) is 0 Å². The highest BCUT2D eigenvalue weighted by Gasteiger charge is 2.47. The third-order valence-electron chi connectivity index (χ3n) is 2.52. The minimum atomic E-state index is -1.04. The number of aliphatic hydroxyl groups is 1. The van der Waals surface area contributed by atoms with Gasteiger partial charge in [-0.25, -0.2) is 4.79 Å². The van der Waals surface area contributed by atoms with E-state index in [4.69, 9.17) is 14.9 Å². The molecule has 0 saturated carbocycles. The van der Waals surface area contributed by atoms with Gasteiger partial charge >= 0.3 is 6.09 Å². The van der Waals surface area contributed by atoms with Crippen molar-refractivity contribution in [1.82, 2.24) is 4.90 Å². The fourth-order valence-electron chi connectivity index (χ4n) is 1.67. The zero-order chi connectivity index (χ0) is 10.9. The molecule has 0 aromatic rings. The van der Waals surface area contributed by atoms with E-state index in [1.165, 1.54) is 4.90 Å². The number of hydrogen-bond acceptors (Lipinski definition) is 3. The van der Waals surface area contributed by atoms with Gasteiger partial charge in [0.1, 0.15) is 6.23 Å². The third-order valence-corrected chi connectivity index (χ3v) is 2.52. The van der Waals surface area contributed by atoms with Crippen molar-refractivity contribution >= 4 is 6.09 Å². The maximum Gasteiger partial charge on any atom is 0.409 e. The highest BCUT2D eigenvalue weighted by Crippen LogP contribution is 2.30. The highest BCUT2D eigenvalue weighted by atomic mass is 16.5. The summed E-state index contributed by atoms with van der Waals surface area (Å²) in [5.41, 5.74) is -0.805. The normalized spacial score (nSPS) is 32.6. The largest absolute Gasteiger partial charge is 0.465 e. The van der Waals surface area contributed by atoms with E-state index in [0.717, 1.165) is 0 Å². The molecule has 2 N–H and O–H groups in total. The molecule has 0 aromatic heterocycles. The Hall–Kier alpha value is -0.810. The van der Waals surface area contributed by atoms with Crippen LogP contribution in [0.5, 0.6) is 0 Å². The van der Waals surface area contributed by atoms with Crippen LogP contribution in [0.4, 0.5) is 4.79 Å². The van der Waals surface area contributed by atoms with Crippen molar-refractivity contribution < 1.29 is 19.7 Å². The topological polar surface area (TPSA) is 70.0 Å². The molecule has 1 aliphatic rings. The number of carboxylic acid groups (broad SMARTS) is 1. The first-order chi connectivity index (χ1) is 6.42. The first kappa shape index (κ1) is 11.3. The first-order valence-corrected chi connectivity index (χ1v) is 4.67. The van der Waals surface area contributed by atoms with Crippen molar-refractivity contribution in [3.63, 3.8) is 0 Å². The lowest BCUT2D eigenvalue weighted by atomic mass is 10.0. The zero-order valence-electron chi connectivity index (χ0n) is 8.73. The molecule has 0 aromatic carbocycles. The third kappa shape index (κ3) is 1.69. The van der Waals surface area contributed by atoms with E-state index in [9.17, 15) is 4.79 Å². The molecular formula is C9H17NO4. The van der Waals surface area contributed by atoms with E-state index in [2.05, 4.69) is 0 Å². The maximum atomic E-state index is 11.0. The second kappa shape index (κ2) is 3.74. The summed E-state index contributed by atoms with van der Waals surface area (Å²) in [7, 11) is 0. The van der Waals surface area contributed by atoms with Gasteiger partial charge < -0.3 is 14.9 Å². The van der Waals surface area contributed by atoms with Gasteiger partial charge in [0.15, 0.2) is 0 Å². The van der Waals surface area contributed by atoms with Gasteiger partial charge in [-0.15, -0.1) is 0 Å². The molecule has 0 bridgehead atoms. The second-order valence-corrected chi connectivity index (χ2v) is 4.25. The summed E-state index contributed by atoms with van der Waals surface area (Å²) < 4.78 is 5.38. The Morgan fingerprint density at radius 2 is 2.29 bits per heavy atom. The van der Waals surface area contributed by atoms with Crippen molar-refractivity contribution in [3.05, 3.63) is 0 Å². The fourth-order valence-corrected chi connectivity index (χ4v) is 1.67. The van der Waals surface area contributed by atoms with E-state index in [-0.39, 0.29) is 19.1 Å². The molecule has 1 heterocycles. The minimum Gasteiger partial charge on any atom is -0.465 e. The Morgan fingerprint density at radius 3 is 2.64 bits per heavy atom. The van der Waals surface area contributed by atoms with Gasteiger partial charge in [0.05, 0.1) is 18.8 Å². The van der Waals surface area contributed by atoms with E-state index < -0.39 is 17.9 Å². The summed E-state index contributed by atoms with van der Waals surface area (Å²) in [6.07, 6.45) is -1.50. The van der Waals surface area contributed by atoms with Crippen LogP contribution in [0.3, 0.4) is 0 Å². The van der Waals surface area contributed by atoms with Crippen LogP contribution in [0.1, 0.15) is 20.8 Å². The average Bonchev–Trinajstić information content (AvgIpc) is 2.44. The van der Waals surface area contributed by atoms with Crippen molar-refractivity contribution in [2.45, 2.75) is 32.5 Å². The van der Waals surface area contributed by atoms with Crippen molar-refractivity contribution in [2.75, 3.05) is 13.2 Å². The van der Waals surface area contributed by atoms with Crippen LogP contribution in [-0.4, -0.2) is 46.2 Å². The van der Waals surface area contributed by atoms with Gasteiger partial charge in [-0.3, -0.25) is 4.90 Å². The van der Waals surface area contributed by atoms with Crippen LogP contribution in [-0.2, 0) is 4.74 Å². The summed E-state index contributed by atoms with van der Waals surface area (Å²) in [6, 6.07) is 0. The molecule has 5 heteroatoms. The summed E-state index contributed by atoms with van der Waals surface area (Å²) in [6.45, 7) is 5.50. The van der Waals surface area contributed by atoms with Gasteiger partial charge in [-0.05, 0) is 12.8 Å². The molecule has 0 unspecified atom stereocenters. The van der Waals surface area contributed by atoms with E-state index in [1.54, 1.807) is 6.92 Å². The lowest BCUT2D eigenvalue weighted by Crippen LogP contribution is -2.53. The summed E-state index contributed by atoms with van der Waals surface area (Å²) in [5, 5.41) is 18.2. The number of hydrogen-bond donors (Lipinski definition) is 2. The summed E-state index contributed by atoms with van der Waals surface area (Å²) in [5.74, 6) is 0.0828. The number of ether oxygens (including phenoxy) is 1. The van der Waals surface area contributed by atoms with Gasteiger partial charge in [-0.1, -0.05) is 13.8 Å². The van der Waals surface area contributed by atoms with Crippen LogP contribution in [0.15, 0.2) is 0 Å². The number of amides is 1. The monoisotopic (exact) mass is 203 g/mol. The Kier molecular flexibility index (Phi) is 3.01. The average molecular weight is 203 g/mol. The molecule has 1 amide bonds. The van der Waals surface area contributed by atoms with E-state index in [1.807, 2.05) is 13.8 Å². The smallest absolute Gasteiger partial charge is 0.409 e. The molecule has 5 nitrogen and oxygen atoms in total. The van der Waals surface area contributed by atoms with Crippen LogP contribution < -0.4 is 0 Å². The number of rotatable bonds is 2. The van der Waals surface area contributed by atoms with Crippen LogP contribution in [0, 0.1) is 5.92 Å². The number of nitrogens with zero attached hydrogens (tertiary/aromatic N) is 1. The van der Waals surface area contributed by atoms with Crippen LogP contribution in [0.2, 0.25) is 0 Å².